The van der Waals surface area contributed by atoms with Crippen molar-refractivity contribution in [2.24, 2.45) is 5.92 Å². The third-order valence-corrected chi connectivity index (χ3v) is 7.16. The predicted molar refractivity (Wildman–Crippen MR) is 112 cm³/mol. The number of rotatable bonds is 4. The minimum atomic E-state index is -3.26. The highest BCUT2D eigenvalue weighted by molar-refractivity contribution is 7.90. The van der Waals surface area contributed by atoms with Crippen molar-refractivity contribution in [1.82, 2.24) is 14.9 Å². The number of benzene rings is 1. The van der Waals surface area contributed by atoms with E-state index in [0.717, 1.165) is 42.8 Å². The molecule has 2 fully saturated rings. The minimum Gasteiger partial charge on any atom is -0.356 e. The van der Waals surface area contributed by atoms with Crippen LogP contribution < -0.4 is 4.90 Å². The summed E-state index contributed by atoms with van der Waals surface area (Å²) in [5, 5.41) is 0.834. The largest absolute Gasteiger partial charge is 0.356 e. The average Bonchev–Trinajstić information content (AvgIpc) is 2.95. The summed E-state index contributed by atoms with van der Waals surface area (Å²) in [5.41, 5.74) is 0.798. The maximum atomic E-state index is 12.0. The van der Waals surface area contributed by atoms with Crippen LogP contribution >= 0.6 is 0 Å². The lowest BCUT2D eigenvalue weighted by molar-refractivity contribution is 0.222. The Morgan fingerprint density at radius 2 is 1.82 bits per heavy atom. The van der Waals surface area contributed by atoms with Gasteiger partial charge in [-0.25, -0.2) is 18.4 Å². The first kappa shape index (κ1) is 19.6. The van der Waals surface area contributed by atoms with E-state index in [0.29, 0.717) is 10.8 Å². The number of hydrogen-bond acceptors (Lipinski definition) is 6. The zero-order valence-electron chi connectivity index (χ0n) is 16.7. The molecule has 0 saturated carbocycles. The lowest BCUT2D eigenvalue weighted by atomic mass is 9.97. The molecular formula is C21H30N4O2S. The van der Waals surface area contributed by atoms with Crippen LogP contribution in [0.4, 0.5) is 5.82 Å². The number of likely N-dealkylation sites (tertiary alicyclic amines) is 1. The van der Waals surface area contributed by atoms with Crippen LogP contribution in [0.1, 0.15) is 38.5 Å². The Morgan fingerprint density at radius 1 is 1.04 bits per heavy atom. The summed E-state index contributed by atoms with van der Waals surface area (Å²) in [7, 11) is -3.26. The van der Waals surface area contributed by atoms with Gasteiger partial charge in [0.1, 0.15) is 12.1 Å². The Balaban J connectivity index is 1.56. The van der Waals surface area contributed by atoms with Crippen LogP contribution in [-0.2, 0) is 9.84 Å². The molecule has 2 saturated heterocycles. The Kier molecular flexibility index (Phi) is 5.83. The number of piperidine rings is 1. The van der Waals surface area contributed by atoms with Crippen molar-refractivity contribution in [2.45, 2.75) is 43.4 Å². The van der Waals surface area contributed by atoms with Crippen LogP contribution in [0.15, 0.2) is 29.4 Å². The van der Waals surface area contributed by atoms with Crippen LogP contribution in [0.2, 0.25) is 0 Å². The molecule has 0 N–H and O–H groups in total. The van der Waals surface area contributed by atoms with Gasteiger partial charge in [0.2, 0.25) is 0 Å². The summed E-state index contributed by atoms with van der Waals surface area (Å²) >= 11 is 0. The molecule has 0 radical (unpaired) electrons. The Bertz CT molecular complexity index is 923. The van der Waals surface area contributed by atoms with E-state index in [1.54, 1.807) is 24.5 Å². The molecule has 2 aromatic rings. The second-order valence-electron chi connectivity index (χ2n) is 8.32. The van der Waals surface area contributed by atoms with Gasteiger partial charge in [-0.15, -0.1) is 0 Å². The smallest absolute Gasteiger partial charge is 0.175 e. The highest BCUT2D eigenvalue weighted by Gasteiger charge is 2.25. The summed E-state index contributed by atoms with van der Waals surface area (Å²) in [6.07, 6.45) is 10.6. The van der Waals surface area contributed by atoms with E-state index in [1.807, 2.05) is 0 Å². The molecule has 1 aromatic carbocycles. The quantitative estimate of drug-likeness (QED) is 0.783. The van der Waals surface area contributed by atoms with Crippen molar-refractivity contribution in [1.29, 1.82) is 0 Å². The van der Waals surface area contributed by atoms with E-state index in [2.05, 4.69) is 19.8 Å². The topological polar surface area (TPSA) is 66.4 Å². The number of hydrogen-bond donors (Lipinski definition) is 0. The molecule has 0 bridgehead atoms. The van der Waals surface area contributed by atoms with Gasteiger partial charge in [-0.2, -0.15) is 0 Å². The summed E-state index contributed by atoms with van der Waals surface area (Å²) in [6, 6.07) is 5.15. The third-order valence-electron chi connectivity index (χ3n) is 6.05. The molecule has 7 heteroatoms. The molecule has 152 valence electrons. The first-order chi connectivity index (χ1) is 13.5. The Hall–Kier alpha value is -1.73. The fraction of sp³-hybridized carbons (Fsp3) is 0.619. The van der Waals surface area contributed by atoms with Crippen molar-refractivity contribution in [2.75, 3.05) is 43.9 Å². The molecule has 6 nitrogen and oxygen atoms in total. The number of anilines is 1. The predicted octanol–water partition coefficient (Wildman–Crippen LogP) is 3.13. The van der Waals surface area contributed by atoms with Crippen molar-refractivity contribution in [3.63, 3.8) is 0 Å². The van der Waals surface area contributed by atoms with E-state index in [4.69, 9.17) is 0 Å². The lowest BCUT2D eigenvalue weighted by Gasteiger charge is -2.36. The number of aromatic nitrogens is 2. The Morgan fingerprint density at radius 3 is 2.57 bits per heavy atom. The second kappa shape index (κ2) is 8.33. The van der Waals surface area contributed by atoms with Gasteiger partial charge in [0, 0.05) is 31.3 Å². The van der Waals surface area contributed by atoms with Crippen molar-refractivity contribution in [3.05, 3.63) is 24.5 Å². The highest BCUT2D eigenvalue weighted by atomic mass is 32.2. The van der Waals surface area contributed by atoms with Crippen LogP contribution in [0.5, 0.6) is 0 Å². The monoisotopic (exact) mass is 402 g/mol. The van der Waals surface area contributed by atoms with Crippen LogP contribution in [-0.4, -0.2) is 62.3 Å². The molecular weight excluding hydrogens is 372 g/mol. The normalized spacial score (nSPS) is 22.3. The summed E-state index contributed by atoms with van der Waals surface area (Å²) < 4.78 is 24.0. The average molecular weight is 403 g/mol. The van der Waals surface area contributed by atoms with Crippen molar-refractivity contribution >= 4 is 26.6 Å². The number of sulfone groups is 1. The fourth-order valence-electron chi connectivity index (χ4n) is 4.60. The standard InChI is InChI=1S/C21H30N4O2S/c1-28(26,27)18-8-9-20-19(13-18)21(23-16-22-20)25-12-6-7-17(15-25)14-24-10-4-2-3-5-11-24/h8-9,13,16-17H,2-7,10-12,14-15H2,1H3. The molecule has 0 amide bonds. The van der Waals surface area contributed by atoms with Crippen molar-refractivity contribution in [3.8, 4) is 0 Å². The van der Waals surface area contributed by atoms with Gasteiger partial charge in [-0.3, -0.25) is 0 Å². The van der Waals surface area contributed by atoms with Crippen molar-refractivity contribution < 1.29 is 8.42 Å². The van der Waals surface area contributed by atoms with Gasteiger partial charge in [0.05, 0.1) is 10.4 Å². The van der Waals surface area contributed by atoms with Gasteiger partial charge in [-0.05, 0) is 62.9 Å². The molecule has 1 atom stereocenters. The van der Waals surface area contributed by atoms with E-state index < -0.39 is 9.84 Å². The molecule has 2 aliphatic heterocycles. The molecule has 0 spiro atoms. The van der Waals surface area contributed by atoms with Gasteiger partial charge in [0.25, 0.3) is 0 Å². The first-order valence-corrected chi connectivity index (χ1v) is 12.3. The molecule has 28 heavy (non-hydrogen) atoms. The van der Waals surface area contributed by atoms with Crippen LogP contribution in [0.25, 0.3) is 10.9 Å². The molecule has 2 aliphatic rings. The number of nitrogens with zero attached hydrogens (tertiary/aromatic N) is 4. The van der Waals surface area contributed by atoms with Crippen LogP contribution in [0.3, 0.4) is 0 Å². The molecule has 1 aromatic heterocycles. The molecule has 3 heterocycles. The SMILES string of the molecule is CS(=O)(=O)c1ccc2ncnc(N3CCCC(CN4CCCCCC4)C3)c2c1. The third kappa shape index (κ3) is 4.46. The highest BCUT2D eigenvalue weighted by Crippen LogP contribution is 2.29. The van der Waals surface area contributed by atoms with E-state index in [9.17, 15) is 8.42 Å². The van der Waals surface area contributed by atoms with Gasteiger partial charge in [-0.1, -0.05) is 12.8 Å². The summed E-state index contributed by atoms with van der Waals surface area (Å²) in [5.74, 6) is 1.51. The minimum absolute atomic E-state index is 0.328. The number of fused-ring (bicyclic) bond motifs is 1. The Labute approximate surface area is 167 Å². The van der Waals surface area contributed by atoms with E-state index in [1.165, 1.54) is 51.4 Å². The fourth-order valence-corrected chi connectivity index (χ4v) is 5.24. The van der Waals surface area contributed by atoms with Gasteiger partial charge in [0.15, 0.2) is 9.84 Å². The molecule has 0 aliphatic carbocycles. The lowest BCUT2D eigenvalue weighted by Crippen LogP contribution is -2.41. The van der Waals surface area contributed by atoms with Gasteiger partial charge >= 0.3 is 0 Å². The van der Waals surface area contributed by atoms with E-state index >= 15 is 0 Å². The van der Waals surface area contributed by atoms with E-state index in [-0.39, 0.29) is 0 Å². The zero-order valence-corrected chi connectivity index (χ0v) is 17.5. The second-order valence-corrected chi connectivity index (χ2v) is 10.3. The molecule has 1 unspecified atom stereocenters. The maximum absolute atomic E-state index is 12.0. The first-order valence-electron chi connectivity index (χ1n) is 10.4. The summed E-state index contributed by atoms with van der Waals surface area (Å²) in [4.78, 5) is 14.2. The zero-order chi connectivity index (χ0) is 19.6. The summed E-state index contributed by atoms with van der Waals surface area (Å²) in [6.45, 7) is 5.56. The van der Waals surface area contributed by atoms with Crippen LogP contribution in [0, 0.1) is 5.92 Å². The maximum Gasteiger partial charge on any atom is 0.175 e. The molecule has 4 rings (SSSR count). The van der Waals surface area contributed by atoms with Gasteiger partial charge < -0.3 is 9.80 Å².